The summed E-state index contributed by atoms with van der Waals surface area (Å²) in [4.78, 5) is 7.46. The lowest BCUT2D eigenvalue weighted by Gasteiger charge is -2.62. The largest absolute Gasteiger partial charge is 0.353 e. The molecule has 0 radical (unpaired) electrons. The smallest absolute Gasteiger partial charge is 0.140 e. The van der Waals surface area contributed by atoms with Gasteiger partial charge in [0, 0.05) is 35.3 Å². The Morgan fingerprint density at radius 3 is 2.43 bits per heavy atom. The van der Waals surface area contributed by atoms with Crippen molar-refractivity contribution in [1.29, 1.82) is 0 Å². The molecule has 3 heteroatoms. The van der Waals surface area contributed by atoms with E-state index in [1.54, 1.807) is 0 Å². The third-order valence-electron chi connectivity index (χ3n) is 8.66. The van der Waals surface area contributed by atoms with Crippen molar-refractivity contribution in [2.45, 2.75) is 65.5 Å². The van der Waals surface area contributed by atoms with Gasteiger partial charge in [0.2, 0.25) is 0 Å². The fourth-order valence-electron chi connectivity index (χ4n) is 6.37. The van der Waals surface area contributed by atoms with Gasteiger partial charge in [-0.25, -0.2) is 4.98 Å². The Bertz CT molecular complexity index is 1130. The molecule has 28 heavy (non-hydrogen) atoms. The first-order valence-electron chi connectivity index (χ1n) is 10.4. The molecule has 0 N–H and O–H groups in total. The number of nitrogens with zero attached hydrogens (tertiary/aromatic N) is 3. The highest BCUT2D eigenvalue weighted by Gasteiger charge is 2.65. The third-order valence-corrected chi connectivity index (χ3v) is 8.66. The van der Waals surface area contributed by atoms with Crippen LogP contribution in [0, 0.1) is 12.3 Å². The number of para-hydroxylation sites is 1. The molecule has 0 saturated carbocycles. The standard InChI is InChI=1S/C25H31N3/c1-15-11-9-13-18-20(15)28-16(2)19-17-12-10-14-26-22(17)27(8)21(19)25(28,7)24(5,6)23(18,3)4/h9-14,16H,1-8H3. The van der Waals surface area contributed by atoms with E-state index in [1.165, 1.54) is 33.5 Å². The van der Waals surface area contributed by atoms with Crippen molar-refractivity contribution in [3.05, 3.63) is 58.9 Å². The molecule has 0 spiro atoms. The van der Waals surface area contributed by atoms with Crippen LogP contribution in [0.3, 0.4) is 0 Å². The predicted octanol–water partition coefficient (Wildman–Crippen LogP) is 6.00. The number of aromatic nitrogens is 2. The monoisotopic (exact) mass is 373 g/mol. The van der Waals surface area contributed by atoms with Crippen LogP contribution >= 0.6 is 0 Å². The number of rotatable bonds is 0. The molecule has 0 aliphatic carbocycles. The number of hydrogen-bond acceptors (Lipinski definition) is 2. The van der Waals surface area contributed by atoms with Gasteiger partial charge in [0.25, 0.3) is 0 Å². The van der Waals surface area contributed by atoms with Gasteiger partial charge >= 0.3 is 0 Å². The first-order chi connectivity index (χ1) is 13.1. The molecular formula is C25H31N3. The summed E-state index contributed by atoms with van der Waals surface area (Å²) in [6.07, 6.45) is 1.91. The van der Waals surface area contributed by atoms with E-state index in [4.69, 9.17) is 4.98 Å². The van der Waals surface area contributed by atoms with Gasteiger partial charge in [-0.1, -0.05) is 45.9 Å². The molecule has 2 aliphatic rings. The number of anilines is 1. The molecule has 5 rings (SSSR count). The lowest BCUT2D eigenvalue weighted by Crippen LogP contribution is -2.62. The van der Waals surface area contributed by atoms with Crippen LogP contribution in [-0.2, 0) is 18.0 Å². The summed E-state index contributed by atoms with van der Waals surface area (Å²) in [6, 6.07) is 11.5. The van der Waals surface area contributed by atoms with Gasteiger partial charge in [0.1, 0.15) is 5.65 Å². The molecular weight excluding hydrogens is 342 g/mol. The van der Waals surface area contributed by atoms with Crippen molar-refractivity contribution in [1.82, 2.24) is 9.55 Å². The van der Waals surface area contributed by atoms with E-state index in [-0.39, 0.29) is 16.4 Å². The molecule has 4 heterocycles. The van der Waals surface area contributed by atoms with Crippen LogP contribution in [0.15, 0.2) is 36.5 Å². The Hall–Kier alpha value is -2.29. The van der Waals surface area contributed by atoms with Crippen LogP contribution in [-0.4, -0.2) is 9.55 Å². The van der Waals surface area contributed by atoms with Crippen molar-refractivity contribution in [2.24, 2.45) is 12.5 Å². The van der Waals surface area contributed by atoms with Gasteiger partial charge in [-0.15, -0.1) is 0 Å². The number of fused-ring (bicyclic) bond motifs is 7. The van der Waals surface area contributed by atoms with Gasteiger partial charge in [0.15, 0.2) is 0 Å². The molecule has 0 bridgehead atoms. The highest BCUT2D eigenvalue weighted by Crippen LogP contribution is 2.68. The van der Waals surface area contributed by atoms with Crippen LogP contribution in [0.4, 0.5) is 5.69 Å². The molecule has 0 amide bonds. The second-order valence-electron chi connectivity index (χ2n) is 10.0. The minimum Gasteiger partial charge on any atom is -0.353 e. The average Bonchev–Trinajstić information content (AvgIpc) is 3.07. The molecule has 2 aliphatic heterocycles. The van der Waals surface area contributed by atoms with Crippen molar-refractivity contribution < 1.29 is 0 Å². The number of aryl methyl sites for hydroxylation is 2. The minimum atomic E-state index is -0.125. The maximum Gasteiger partial charge on any atom is 0.140 e. The third kappa shape index (κ3) is 1.63. The second kappa shape index (κ2) is 5.00. The fraction of sp³-hybridized carbons (Fsp3) is 0.480. The van der Waals surface area contributed by atoms with Crippen molar-refractivity contribution in [3.63, 3.8) is 0 Å². The maximum atomic E-state index is 4.74. The maximum absolute atomic E-state index is 4.74. The molecule has 3 aromatic rings. The van der Waals surface area contributed by atoms with Gasteiger partial charge in [0.05, 0.1) is 17.3 Å². The van der Waals surface area contributed by atoms with E-state index in [9.17, 15) is 0 Å². The van der Waals surface area contributed by atoms with Gasteiger partial charge < -0.3 is 9.47 Å². The molecule has 3 nitrogen and oxygen atoms in total. The summed E-state index contributed by atoms with van der Waals surface area (Å²) >= 11 is 0. The zero-order chi connectivity index (χ0) is 20.2. The lowest BCUT2D eigenvalue weighted by atomic mass is 9.52. The Morgan fingerprint density at radius 1 is 1.00 bits per heavy atom. The van der Waals surface area contributed by atoms with E-state index in [0.717, 1.165) is 5.65 Å². The van der Waals surface area contributed by atoms with Gasteiger partial charge in [-0.2, -0.15) is 0 Å². The SMILES string of the molecule is Cc1cccc2c1N1C(C)c3c(n(C)c4ncccc34)C1(C)C(C)(C)C2(C)C. The van der Waals surface area contributed by atoms with Crippen LogP contribution in [0.1, 0.15) is 70.0 Å². The van der Waals surface area contributed by atoms with Gasteiger partial charge in [-0.05, 0) is 49.4 Å². The first kappa shape index (κ1) is 17.8. The van der Waals surface area contributed by atoms with Crippen molar-refractivity contribution in [2.75, 3.05) is 4.90 Å². The lowest BCUT2D eigenvalue weighted by molar-refractivity contribution is 0.0608. The van der Waals surface area contributed by atoms with Gasteiger partial charge in [-0.3, -0.25) is 0 Å². The van der Waals surface area contributed by atoms with E-state index in [1.807, 2.05) is 6.20 Å². The Balaban J connectivity index is 1.97. The fourth-order valence-corrected chi connectivity index (χ4v) is 6.37. The van der Waals surface area contributed by atoms with E-state index in [2.05, 4.69) is 95.3 Å². The summed E-state index contributed by atoms with van der Waals surface area (Å²) < 4.78 is 2.36. The van der Waals surface area contributed by atoms with E-state index >= 15 is 0 Å². The van der Waals surface area contributed by atoms with Crippen LogP contribution in [0.5, 0.6) is 0 Å². The summed E-state index contributed by atoms with van der Waals surface area (Å²) in [5.41, 5.74) is 8.17. The zero-order valence-electron chi connectivity index (χ0n) is 18.4. The normalized spacial score (nSPS) is 26.9. The molecule has 1 aromatic carbocycles. The van der Waals surface area contributed by atoms with Crippen molar-refractivity contribution in [3.8, 4) is 0 Å². The second-order valence-corrected chi connectivity index (χ2v) is 10.0. The molecule has 2 unspecified atom stereocenters. The predicted molar refractivity (Wildman–Crippen MR) is 117 cm³/mol. The quantitative estimate of drug-likeness (QED) is 0.482. The topological polar surface area (TPSA) is 21.1 Å². The zero-order valence-corrected chi connectivity index (χ0v) is 18.4. The van der Waals surface area contributed by atoms with E-state index < -0.39 is 0 Å². The number of hydrogen-bond donors (Lipinski definition) is 0. The Labute approximate surface area is 168 Å². The minimum absolute atomic E-state index is 0.0163. The number of pyridine rings is 1. The Kier molecular flexibility index (Phi) is 3.18. The highest BCUT2D eigenvalue weighted by atomic mass is 15.3. The summed E-state index contributed by atoms with van der Waals surface area (Å²) in [7, 11) is 2.20. The highest BCUT2D eigenvalue weighted by molar-refractivity contribution is 5.87. The average molecular weight is 374 g/mol. The molecule has 2 aromatic heterocycles. The van der Waals surface area contributed by atoms with Crippen molar-refractivity contribution >= 4 is 16.7 Å². The first-order valence-corrected chi connectivity index (χ1v) is 10.4. The Morgan fingerprint density at radius 2 is 1.71 bits per heavy atom. The van der Waals surface area contributed by atoms with Crippen LogP contribution in [0.25, 0.3) is 11.0 Å². The molecule has 2 atom stereocenters. The van der Waals surface area contributed by atoms with Crippen LogP contribution in [0.2, 0.25) is 0 Å². The molecule has 0 saturated heterocycles. The summed E-state index contributed by atoms with van der Waals surface area (Å²) in [6.45, 7) is 16.9. The van der Waals surface area contributed by atoms with Crippen LogP contribution < -0.4 is 4.90 Å². The molecule has 146 valence electrons. The van der Waals surface area contributed by atoms with E-state index in [0.29, 0.717) is 6.04 Å². The molecule has 0 fully saturated rings. The summed E-state index contributed by atoms with van der Waals surface area (Å²) in [5.74, 6) is 0. The summed E-state index contributed by atoms with van der Waals surface area (Å²) in [5, 5.41) is 1.30. The number of benzene rings is 1.